The standard InChI is InChI=1S/C21H20FN5O4/c1-24-19(28)13-4-2-12(3-5-13)11-31-20-17(22)18(26-21(23)27-20)25-14-6-7-15-16(10-14)30-9-8-29-15/h2-7,10H,8-9,11H2,1H3,(H,24,28)(H3,23,25,26,27). The molecule has 0 bridgehead atoms. The van der Waals surface area contributed by atoms with Crippen LogP contribution < -0.4 is 30.6 Å². The molecular weight excluding hydrogens is 405 g/mol. The van der Waals surface area contributed by atoms with Crippen molar-refractivity contribution in [3.05, 3.63) is 59.4 Å². The Morgan fingerprint density at radius 3 is 2.61 bits per heavy atom. The van der Waals surface area contributed by atoms with Crippen LogP contribution in [-0.2, 0) is 6.61 Å². The molecule has 0 saturated carbocycles. The zero-order valence-electron chi connectivity index (χ0n) is 16.6. The van der Waals surface area contributed by atoms with Crippen molar-refractivity contribution in [2.75, 3.05) is 31.3 Å². The summed E-state index contributed by atoms with van der Waals surface area (Å²) in [6, 6.07) is 11.8. The molecule has 0 atom stereocenters. The number of nitrogens with one attached hydrogen (secondary N) is 2. The molecule has 2 heterocycles. The highest BCUT2D eigenvalue weighted by atomic mass is 19.1. The summed E-state index contributed by atoms with van der Waals surface area (Å²) >= 11 is 0. The van der Waals surface area contributed by atoms with E-state index >= 15 is 0 Å². The molecule has 2 aromatic carbocycles. The van der Waals surface area contributed by atoms with Crippen LogP contribution in [-0.4, -0.2) is 36.1 Å². The van der Waals surface area contributed by atoms with Crippen LogP contribution in [0.25, 0.3) is 0 Å². The summed E-state index contributed by atoms with van der Waals surface area (Å²) in [4.78, 5) is 19.4. The number of nitrogens with zero attached hydrogens (tertiary/aromatic N) is 2. The molecule has 4 rings (SSSR count). The molecule has 0 unspecified atom stereocenters. The molecule has 0 spiro atoms. The first-order chi connectivity index (χ1) is 15.0. The number of fused-ring (bicyclic) bond motifs is 1. The van der Waals surface area contributed by atoms with Crippen LogP contribution in [0.15, 0.2) is 42.5 Å². The van der Waals surface area contributed by atoms with Crippen LogP contribution in [0.1, 0.15) is 15.9 Å². The molecule has 31 heavy (non-hydrogen) atoms. The van der Waals surface area contributed by atoms with Gasteiger partial charge in [0.25, 0.3) is 11.8 Å². The van der Waals surface area contributed by atoms with Crippen molar-refractivity contribution in [2.24, 2.45) is 0 Å². The van der Waals surface area contributed by atoms with Crippen molar-refractivity contribution in [3.8, 4) is 17.4 Å². The lowest BCUT2D eigenvalue weighted by molar-refractivity contribution is 0.0963. The minimum atomic E-state index is -0.786. The Labute approximate surface area is 177 Å². The molecule has 0 saturated heterocycles. The maximum atomic E-state index is 14.9. The Hall–Kier alpha value is -4.08. The number of amides is 1. The van der Waals surface area contributed by atoms with E-state index in [-0.39, 0.29) is 30.2 Å². The van der Waals surface area contributed by atoms with Crippen molar-refractivity contribution < 1.29 is 23.4 Å². The van der Waals surface area contributed by atoms with Crippen LogP contribution in [0.4, 0.5) is 21.8 Å². The van der Waals surface area contributed by atoms with Crippen molar-refractivity contribution in [3.63, 3.8) is 0 Å². The van der Waals surface area contributed by atoms with Gasteiger partial charge in [0, 0.05) is 24.4 Å². The summed E-state index contributed by atoms with van der Waals surface area (Å²) in [5.41, 5.74) is 7.51. The molecule has 9 nitrogen and oxygen atoms in total. The van der Waals surface area contributed by atoms with Crippen LogP contribution >= 0.6 is 0 Å². The fourth-order valence-electron chi connectivity index (χ4n) is 2.93. The van der Waals surface area contributed by atoms with Gasteiger partial charge in [-0.2, -0.15) is 14.4 Å². The highest BCUT2D eigenvalue weighted by Crippen LogP contribution is 2.34. The van der Waals surface area contributed by atoms with E-state index in [1.807, 2.05) is 0 Å². The molecule has 3 aromatic rings. The number of carbonyl (C=O) groups is 1. The predicted molar refractivity (Wildman–Crippen MR) is 111 cm³/mol. The van der Waals surface area contributed by atoms with Gasteiger partial charge in [-0.25, -0.2) is 0 Å². The van der Waals surface area contributed by atoms with Crippen molar-refractivity contribution in [1.82, 2.24) is 15.3 Å². The fraction of sp³-hybridized carbons (Fsp3) is 0.190. The van der Waals surface area contributed by atoms with E-state index in [4.69, 9.17) is 19.9 Å². The van der Waals surface area contributed by atoms with Crippen LogP contribution in [0.3, 0.4) is 0 Å². The highest BCUT2D eigenvalue weighted by molar-refractivity contribution is 5.93. The number of hydrogen-bond donors (Lipinski definition) is 3. The van der Waals surface area contributed by atoms with E-state index in [0.717, 1.165) is 5.56 Å². The lowest BCUT2D eigenvalue weighted by atomic mass is 10.1. The molecule has 1 amide bonds. The van der Waals surface area contributed by atoms with E-state index in [2.05, 4.69) is 20.6 Å². The molecule has 1 aliphatic rings. The van der Waals surface area contributed by atoms with Gasteiger partial charge in [-0.15, -0.1) is 0 Å². The van der Waals surface area contributed by atoms with Gasteiger partial charge in [0.15, 0.2) is 17.3 Å². The number of nitrogens with two attached hydrogens (primary N) is 1. The summed E-state index contributed by atoms with van der Waals surface area (Å²) in [5.74, 6) is -0.382. The normalized spacial score (nSPS) is 12.2. The van der Waals surface area contributed by atoms with Gasteiger partial charge in [-0.05, 0) is 29.8 Å². The van der Waals surface area contributed by atoms with Gasteiger partial charge in [0.1, 0.15) is 19.8 Å². The van der Waals surface area contributed by atoms with E-state index in [1.54, 1.807) is 49.5 Å². The van der Waals surface area contributed by atoms with Gasteiger partial charge in [-0.3, -0.25) is 4.79 Å². The third kappa shape index (κ3) is 4.58. The smallest absolute Gasteiger partial charge is 0.258 e. The Morgan fingerprint density at radius 1 is 1.13 bits per heavy atom. The van der Waals surface area contributed by atoms with Crippen LogP contribution in [0.2, 0.25) is 0 Å². The average molecular weight is 425 g/mol. The summed E-state index contributed by atoms with van der Waals surface area (Å²) in [6.45, 7) is 0.949. The first-order valence-electron chi connectivity index (χ1n) is 9.47. The second-order valence-electron chi connectivity index (χ2n) is 6.60. The average Bonchev–Trinajstić information content (AvgIpc) is 2.80. The zero-order valence-corrected chi connectivity index (χ0v) is 16.6. The Kier molecular flexibility index (Phi) is 5.69. The largest absolute Gasteiger partial charge is 0.486 e. The second kappa shape index (κ2) is 8.74. The molecule has 10 heteroatoms. The Bertz CT molecular complexity index is 1110. The molecule has 160 valence electrons. The molecule has 1 aliphatic heterocycles. The minimum Gasteiger partial charge on any atom is -0.486 e. The topological polar surface area (TPSA) is 121 Å². The second-order valence-corrected chi connectivity index (χ2v) is 6.60. The summed E-state index contributed by atoms with van der Waals surface area (Å²) in [6.07, 6.45) is 0. The van der Waals surface area contributed by atoms with Crippen molar-refractivity contribution in [2.45, 2.75) is 6.61 Å². The summed E-state index contributed by atoms with van der Waals surface area (Å²) in [5, 5.41) is 5.40. The number of hydrogen-bond acceptors (Lipinski definition) is 8. The third-order valence-corrected chi connectivity index (χ3v) is 4.46. The number of rotatable bonds is 6. The van der Waals surface area contributed by atoms with Gasteiger partial charge in [-0.1, -0.05) is 12.1 Å². The lowest BCUT2D eigenvalue weighted by Crippen LogP contribution is -2.17. The number of halogens is 1. The summed E-state index contributed by atoms with van der Waals surface area (Å²) in [7, 11) is 1.55. The van der Waals surface area contributed by atoms with Crippen LogP contribution in [0.5, 0.6) is 17.4 Å². The maximum Gasteiger partial charge on any atom is 0.258 e. The number of ether oxygens (including phenoxy) is 3. The monoisotopic (exact) mass is 425 g/mol. The number of anilines is 3. The van der Waals surface area contributed by atoms with Gasteiger partial charge in [0.2, 0.25) is 11.8 Å². The highest BCUT2D eigenvalue weighted by Gasteiger charge is 2.17. The molecular formula is C21H20FN5O4. The Balaban J connectivity index is 1.49. The summed E-state index contributed by atoms with van der Waals surface area (Å²) < 4.78 is 31.4. The maximum absolute atomic E-state index is 14.9. The fourth-order valence-corrected chi connectivity index (χ4v) is 2.93. The SMILES string of the molecule is CNC(=O)c1ccc(COc2nc(N)nc(Nc3ccc4c(c3)OCCO4)c2F)cc1. The molecule has 0 aliphatic carbocycles. The minimum absolute atomic E-state index is 0.0326. The first kappa shape index (κ1) is 20.2. The van der Waals surface area contributed by atoms with Crippen molar-refractivity contribution >= 4 is 23.4 Å². The molecule has 4 N–H and O–H groups in total. The van der Waals surface area contributed by atoms with E-state index in [1.165, 1.54) is 0 Å². The molecule has 0 radical (unpaired) electrons. The molecule has 1 aromatic heterocycles. The first-order valence-corrected chi connectivity index (χ1v) is 9.47. The molecule has 0 fully saturated rings. The number of benzene rings is 2. The Morgan fingerprint density at radius 2 is 1.87 bits per heavy atom. The van der Waals surface area contributed by atoms with Gasteiger partial charge >= 0.3 is 0 Å². The number of carbonyl (C=O) groups excluding carboxylic acids is 1. The van der Waals surface area contributed by atoms with E-state index in [0.29, 0.717) is 36.0 Å². The predicted octanol–water partition coefficient (Wildman–Crippen LogP) is 2.65. The zero-order chi connectivity index (χ0) is 21.8. The van der Waals surface area contributed by atoms with Gasteiger partial charge < -0.3 is 30.6 Å². The quantitative estimate of drug-likeness (QED) is 0.551. The van der Waals surface area contributed by atoms with Crippen LogP contribution in [0, 0.1) is 5.82 Å². The van der Waals surface area contributed by atoms with E-state index in [9.17, 15) is 9.18 Å². The number of aromatic nitrogens is 2. The third-order valence-electron chi connectivity index (χ3n) is 4.46. The van der Waals surface area contributed by atoms with E-state index < -0.39 is 5.82 Å². The van der Waals surface area contributed by atoms with Gasteiger partial charge in [0.05, 0.1) is 0 Å². The lowest BCUT2D eigenvalue weighted by Gasteiger charge is -2.19. The number of nitrogen functional groups attached to an aromatic ring is 1. The van der Waals surface area contributed by atoms with Crippen molar-refractivity contribution in [1.29, 1.82) is 0 Å².